The largest absolute Gasteiger partial charge is 0.386 e. The Morgan fingerprint density at radius 1 is 0.855 bits per heavy atom. The fourth-order valence-corrected chi connectivity index (χ4v) is 9.44. The molecule has 0 radical (unpaired) electrons. The highest BCUT2D eigenvalue weighted by Crippen LogP contribution is 2.38. The van der Waals surface area contributed by atoms with Crippen LogP contribution in [0.15, 0.2) is 53.6 Å². The quantitative estimate of drug-likeness (QED) is 0.104. The number of nitrogens with zero attached hydrogens (tertiary/aromatic N) is 6. The van der Waals surface area contributed by atoms with Gasteiger partial charge in [-0.3, -0.25) is 44.1 Å². The molecule has 5 aliphatic heterocycles. The predicted molar refractivity (Wildman–Crippen MR) is 253 cm³/mol. The van der Waals surface area contributed by atoms with Gasteiger partial charge in [0.25, 0.3) is 11.8 Å². The second-order valence-corrected chi connectivity index (χ2v) is 17.7. The van der Waals surface area contributed by atoms with Crippen molar-refractivity contribution in [3.63, 3.8) is 0 Å². The number of hydrogen-bond donors (Lipinski definition) is 3. The molecule has 5 amide bonds. The molecule has 0 saturated carbocycles. The predicted octanol–water partition coefficient (Wildman–Crippen LogP) is 3.56. The van der Waals surface area contributed by atoms with Crippen LogP contribution in [-0.4, -0.2) is 180 Å². The molecule has 3 fully saturated rings. The van der Waals surface area contributed by atoms with Crippen LogP contribution in [0.2, 0.25) is 0 Å². The Labute approximate surface area is 400 Å². The molecule has 3 saturated heterocycles. The van der Waals surface area contributed by atoms with Crippen molar-refractivity contribution in [1.82, 2.24) is 25.0 Å². The minimum atomic E-state index is -1.01. The van der Waals surface area contributed by atoms with Gasteiger partial charge in [-0.1, -0.05) is 12.1 Å². The van der Waals surface area contributed by atoms with E-state index in [2.05, 4.69) is 25.9 Å². The summed E-state index contributed by atoms with van der Waals surface area (Å²) >= 11 is 0. The van der Waals surface area contributed by atoms with Crippen molar-refractivity contribution >= 4 is 52.8 Å². The minimum absolute atomic E-state index is 0.0373. The number of benzene rings is 3. The van der Waals surface area contributed by atoms with E-state index in [1.54, 1.807) is 18.2 Å². The molecular weight excluding hydrogens is 897 g/mol. The summed E-state index contributed by atoms with van der Waals surface area (Å²) in [6.07, 6.45) is 3.98. The van der Waals surface area contributed by atoms with Crippen LogP contribution in [0.1, 0.15) is 58.4 Å². The van der Waals surface area contributed by atoms with Crippen LogP contribution in [0.25, 0.3) is 11.1 Å². The summed E-state index contributed by atoms with van der Waals surface area (Å²) in [5, 5.41) is 15.5. The van der Waals surface area contributed by atoms with Crippen molar-refractivity contribution < 1.29 is 51.7 Å². The average molecular weight is 958 g/mol. The molecule has 2 unspecified atom stereocenters. The van der Waals surface area contributed by atoms with E-state index in [-0.39, 0.29) is 60.5 Å². The number of halogens is 2. The monoisotopic (exact) mass is 957 g/mol. The molecule has 3 aromatic carbocycles. The molecule has 20 heteroatoms. The maximum atomic E-state index is 15.4. The molecule has 0 aliphatic carbocycles. The molecule has 8 rings (SSSR count). The number of hydrazone groups is 1. The van der Waals surface area contributed by atoms with E-state index in [0.29, 0.717) is 109 Å². The highest BCUT2D eigenvalue weighted by molar-refractivity contribution is 6.23. The lowest BCUT2D eigenvalue weighted by Gasteiger charge is -2.37. The summed E-state index contributed by atoms with van der Waals surface area (Å²) in [4.78, 5) is 69.8. The van der Waals surface area contributed by atoms with Crippen LogP contribution in [0.3, 0.4) is 0 Å². The van der Waals surface area contributed by atoms with Crippen molar-refractivity contribution in [3.8, 4) is 11.1 Å². The van der Waals surface area contributed by atoms with Crippen molar-refractivity contribution in [2.24, 2.45) is 5.10 Å². The number of rotatable bonds is 21. The molecule has 18 nitrogen and oxygen atoms in total. The summed E-state index contributed by atoms with van der Waals surface area (Å²) in [6.45, 7) is 7.05. The maximum absolute atomic E-state index is 15.4. The summed E-state index contributed by atoms with van der Waals surface area (Å²) in [5.41, 5.74) is 3.92. The SMILES string of the molecule is CNc1c(-c2cc(F)c(CN3CCOCC3)c(F)c2)cccc1N(C)C1C=NN(C2CCN(C(=O)CCOCCOCCOCCNc3ccc4c(c3)C(=O)N(C3CCC(=O)NC3=O)C4=O)CC2)C1. The first kappa shape index (κ1) is 49.4. The van der Waals surface area contributed by atoms with E-state index in [9.17, 15) is 24.0 Å². The van der Waals surface area contributed by atoms with Gasteiger partial charge in [-0.25, -0.2) is 8.78 Å². The topological polar surface area (TPSA) is 187 Å². The number of anilines is 3. The summed E-state index contributed by atoms with van der Waals surface area (Å²) in [7, 11) is 3.81. The van der Waals surface area contributed by atoms with Crippen LogP contribution in [0.5, 0.6) is 0 Å². The van der Waals surface area contributed by atoms with Gasteiger partial charge in [-0.15, -0.1) is 0 Å². The zero-order valence-electron chi connectivity index (χ0n) is 39.2. The van der Waals surface area contributed by atoms with Gasteiger partial charge in [0.05, 0.1) is 100 Å². The van der Waals surface area contributed by atoms with Gasteiger partial charge in [-0.05, 0) is 61.2 Å². The van der Waals surface area contributed by atoms with Crippen LogP contribution in [0, 0.1) is 11.6 Å². The van der Waals surface area contributed by atoms with Gasteiger partial charge in [0.15, 0.2) is 0 Å². The lowest BCUT2D eigenvalue weighted by Crippen LogP contribution is -2.54. The van der Waals surface area contributed by atoms with Crippen LogP contribution in [0.4, 0.5) is 25.8 Å². The average Bonchev–Trinajstić information content (AvgIpc) is 3.95. The lowest BCUT2D eigenvalue weighted by atomic mass is 9.99. The van der Waals surface area contributed by atoms with E-state index in [1.165, 1.54) is 12.1 Å². The number of morpholine rings is 1. The summed E-state index contributed by atoms with van der Waals surface area (Å²) in [5.74, 6) is -3.26. The maximum Gasteiger partial charge on any atom is 0.262 e. The van der Waals surface area contributed by atoms with E-state index < -0.39 is 41.3 Å². The van der Waals surface area contributed by atoms with Gasteiger partial charge in [-0.2, -0.15) is 5.10 Å². The molecule has 5 heterocycles. The van der Waals surface area contributed by atoms with E-state index >= 15 is 8.78 Å². The van der Waals surface area contributed by atoms with Crippen LogP contribution in [-0.2, 0) is 39.9 Å². The Morgan fingerprint density at radius 2 is 1.55 bits per heavy atom. The number of carbonyl (C=O) groups is 5. The Kier molecular flexibility index (Phi) is 16.5. The van der Waals surface area contributed by atoms with Crippen molar-refractivity contribution in [3.05, 3.63) is 76.9 Å². The first-order chi connectivity index (χ1) is 33.5. The van der Waals surface area contributed by atoms with E-state index in [4.69, 9.17) is 24.0 Å². The van der Waals surface area contributed by atoms with Crippen LogP contribution < -0.4 is 20.9 Å². The zero-order valence-corrected chi connectivity index (χ0v) is 39.2. The number of piperidine rings is 2. The zero-order chi connectivity index (χ0) is 48.4. The molecule has 3 N–H and O–H groups in total. The number of likely N-dealkylation sites (N-methyl/N-ethyl adjacent to an activating group) is 1. The van der Waals surface area contributed by atoms with Crippen molar-refractivity contribution in [1.29, 1.82) is 0 Å². The number of imide groups is 2. The number of likely N-dealkylation sites (tertiary alicyclic amines) is 1. The molecule has 0 spiro atoms. The van der Waals surface area contributed by atoms with Gasteiger partial charge in [0, 0.05) is 82.8 Å². The van der Waals surface area contributed by atoms with Crippen molar-refractivity contribution in [2.45, 2.75) is 56.8 Å². The number of amides is 5. The minimum Gasteiger partial charge on any atom is -0.386 e. The normalized spacial score (nSPS) is 19.9. The third kappa shape index (κ3) is 11.7. The van der Waals surface area contributed by atoms with Gasteiger partial charge < -0.3 is 39.4 Å². The molecular formula is C49H61F2N9O9. The first-order valence-corrected chi connectivity index (χ1v) is 23.7. The lowest BCUT2D eigenvalue weighted by molar-refractivity contribution is -0.136. The molecule has 5 aliphatic rings. The number of ether oxygens (including phenoxy) is 4. The highest BCUT2D eigenvalue weighted by atomic mass is 19.1. The number of para-hydroxylation sites is 1. The first-order valence-electron chi connectivity index (χ1n) is 23.7. The number of hydrogen-bond acceptors (Lipinski definition) is 15. The molecule has 0 bridgehead atoms. The Hall–Kier alpha value is -6.06. The Morgan fingerprint density at radius 3 is 2.26 bits per heavy atom. The second-order valence-electron chi connectivity index (χ2n) is 17.7. The van der Waals surface area contributed by atoms with E-state index in [1.807, 2.05) is 48.3 Å². The number of carbonyl (C=O) groups excluding carboxylic acids is 5. The molecule has 2 atom stereocenters. The highest BCUT2D eigenvalue weighted by Gasteiger charge is 2.44. The van der Waals surface area contributed by atoms with Crippen LogP contribution >= 0.6 is 0 Å². The van der Waals surface area contributed by atoms with Gasteiger partial charge >= 0.3 is 0 Å². The smallest absolute Gasteiger partial charge is 0.262 e. The fraction of sp³-hybridized carbons (Fsp3) is 0.510. The Bertz CT molecular complexity index is 2370. The molecule has 370 valence electrons. The van der Waals surface area contributed by atoms with Gasteiger partial charge in [0.1, 0.15) is 17.7 Å². The number of nitrogens with one attached hydrogen (secondary N) is 3. The number of fused-ring (bicyclic) bond motifs is 1. The fourth-order valence-electron chi connectivity index (χ4n) is 9.44. The third-order valence-corrected chi connectivity index (χ3v) is 13.3. The molecule has 69 heavy (non-hydrogen) atoms. The Balaban J connectivity index is 0.678. The standard InChI is InChI=1S/C49H61F2N9O9/c1-52-46-36(32-26-40(50)39(41(51)27-32)31-57-16-20-68-21-17-57)4-3-5-42(46)56(2)35-29-54-59(30-35)34-10-14-58(15-11-34)45(62)12-18-66-22-24-69-25-23-67-19-13-53-33-6-7-37-38(28-33)49(65)60(48(37)64)43-8-9-44(61)55-47(43)63/h3-7,26-29,34-35,43,52-53H,8-25,30-31H2,1-2H3,(H,55,61,63). The second kappa shape index (κ2) is 23.0. The summed E-state index contributed by atoms with van der Waals surface area (Å²) in [6, 6.07) is 12.6. The van der Waals surface area contributed by atoms with Gasteiger partial charge in [0.2, 0.25) is 17.7 Å². The van der Waals surface area contributed by atoms with E-state index in [0.717, 1.165) is 29.1 Å². The third-order valence-electron chi connectivity index (χ3n) is 13.3. The summed E-state index contributed by atoms with van der Waals surface area (Å²) < 4.78 is 53.1. The molecule has 0 aromatic heterocycles. The molecule has 3 aromatic rings. The van der Waals surface area contributed by atoms with Crippen molar-refractivity contribution in [2.75, 3.05) is 122 Å².